The van der Waals surface area contributed by atoms with Crippen LogP contribution in [-0.4, -0.2) is 6.54 Å². The van der Waals surface area contributed by atoms with Crippen molar-refractivity contribution in [3.05, 3.63) is 69.2 Å². The van der Waals surface area contributed by atoms with Crippen molar-refractivity contribution in [3.63, 3.8) is 0 Å². The first-order valence-corrected chi connectivity index (χ1v) is 7.47. The van der Waals surface area contributed by atoms with Gasteiger partial charge in [-0.1, -0.05) is 58.7 Å². The molecule has 0 saturated carbocycles. The highest BCUT2D eigenvalue weighted by Crippen LogP contribution is 2.28. The molecule has 2 heteroatoms. The predicted molar refractivity (Wildman–Crippen MR) is 85.6 cm³/mol. The first-order valence-electron chi connectivity index (χ1n) is 6.68. The molecule has 0 aliphatic heterocycles. The van der Waals surface area contributed by atoms with Gasteiger partial charge < -0.3 is 5.32 Å². The SMILES string of the molecule is CCNC(c1cccc(C)c1)c1cc(Br)ccc1C. The molecule has 0 spiro atoms. The van der Waals surface area contributed by atoms with Crippen LogP contribution in [0.15, 0.2) is 46.9 Å². The van der Waals surface area contributed by atoms with Gasteiger partial charge in [-0.25, -0.2) is 0 Å². The normalized spacial score (nSPS) is 12.4. The Kier molecular flexibility index (Phi) is 4.78. The van der Waals surface area contributed by atoms with E-state index in [-0.39, 0.29) is 6.04 Å². The third-order valence-electron chi connectivity index (χ3n) is 3.34. The number of hydrogen-bond acceptors (Lipinski definition) is 1. The molecule has 100 valence electrons. The van der Waals surface area contributed by atoms with Crippen LogP contribution in [0.1, 0.15) is 35.2 Å². The van der Waals surface area contributed by atoms with Crippen molar-refractivity contribution in [1.29, 1.82) is 0 Å². The van der Waals surface area contributed by atoms with E-state index < -0.39 is 0 Å². The molecule has 1 atom stereocenters. The molecule has 0 bridgehead atoms. The first kappa shape index (κ1) is 14.3. The summed E-state index contributed by atoms with van der Waals surface area (Å²) in [5, 5.41) is 3.59. The maximum atomic E-state index is 3.59. The molecule has 0 fully saturated rings. The Labute approximate surface area is 124 Å². The molecule has 1 unspecified atom stereocenters. The van der Waals surface area contributed by atoms with Crippen molar-refractivity contribution in [2.75, 3.05) is 6.54 Å². The summed E-state index contributed by atoms with van der Waals surface area (Å²) < 4.78 is 1.13. The van der Waals surface area contributed by atoms with E-state index in [1.165, 1.54) is 22.3 Å². The van der Waals surface area contributed by atoms with Crippen LogP contribution in [0.25, 0.3) is 0 Å². The van der Waals surface area contributed by atoms with E-state index in [2.05, 4.69) is 84.5 Å². The molecule has 0 radical (unpaired) electrons. The van der Waals surface area contributed by atoms with Gasteiger partial charge in [0, 0.05) is 4.47 Å². The second-order valence-corrected chi connectivity index (χ2v) is 5.82. The second-order valence-electron chi connectivity index (χ2n) is 4.91. The Morgan fingerprint density at radius 2 is 1.89 bits per heavy atom. The van der Waals surface area contributed by atoms with Crippen LogP contribution < -0.4 is 5.32 Å². The van der Waals surface area contributed by atoms with Crippen LogP contribution in [0.5, 0.6) is 0 Å². The standard InChI is InChI=1S/C17H20BrN/c1-4-19-17(14-7-5-6-12(2)10-14)16-11-15(18)9-8-13(16)3/h5-11,17,19H,4H2,1-3H3. The Bertz CT molecular complexity index is 563. The maximum Gasteiger partial charge on any atom is 0.0579 e. The summed E-state index contributed by atoms with van der Waals surface area (Å²) in [7, 11) is 0. The molecule has 1 nitrogen and oxygen atoms in total. The van der Waals surface area contributed by atoms with Gasteiger partial charge in [0.25, 0.3) is 0 Å². The minimum atomic E-state index is 0.252. The predicted octanol–water partition coefficient (Wildman–Crippen LogP) is 4.76. The summed E-state index contributed by atoms with van der Waals surface area (Å²) in [5.41, 5.74) is 5.27. The largest absolute Gasteiger partial charge is 0.307 e. The topological polar surface area (TPSA) is 12.0 Å². The highest BCUT2D eigenvalue weighted by atomic mass is 79.9. The molecule has 2 rings (SSSR count). The lowest BCUT2D eigenvalue weighted by Crippen LogP contribution is -2.22. The zero-order valence-electron chi connectivity index (χ0n) is 11.7. The summed E-state index contributed by atoms with van der Waals surface area (Å²) in [6.07, 6.45) is 0. The third-order valence-corrected chi connectivity index (χ3v) is 3.83. The molecule has 2 aromatic carbocycles. The zero-order valence-corrected chi connectivity index (χ0v) is 13.3. The summed E-state index contributed by atoms with van der Waals surface area (Å²) >= 11 is 3.57. The van der Waals surface area contributed by atoms with Crippen molar-refractivity contribution in [3.8, 4) is 0 Å². The van der Waals surface area contributed by atoms with Crippen molar-refractivity contribution in [2.24, 2.45) is 0 Å². The minimum Gasteiger partial charge on any atom is -0.307 e. The third kappa shape index (κ3) is 3.46. The Hall–Kier alpha value is -1.12. The molecule has 0 heterocycles. The minimum absolute atomic E-state index is 0.252. The molecular weight excluding hydrogens is 298 g/mol. The quantitative estimate of drug-likeness (QED) is 0.856. The molecule has 0 aromatic heterocycles. The lowest BCUT2D eigenvalue weighted by molar-refractivity contribution is 0.627. The number of hydrogen-bond donors (Lipinski definition) is 1. The monoisotopic (exact) mass is 317 g/mol. The lowest BCUT2D eigenvalue weighted by atomic mass is 9.94. The van der Waals surface area contributed by atoms with E-state index in [4.69, 9.17) is 0 Å². The fraction of sp³-hybridized carbons (Fsp3) is 0.294. The summed E-state index contributed by atoms with van der Waals surface area (Å²) in [5.74, 6) is 0. The van der Waals surface area contributed by atoms with Crippen LogP contribution in [0.3, 0.4) is 0 Å². The van der Waals surface area contributed by atoms with Crippen LogP contribution in [0, 0.1) is 13.8 Å². The van der Waals surface area contributed by atoms with Gasteiger partial charge in [-0.2, -0.15) is 0 Å². The average molecular weight is 318 g/mol. The first-order chi connectivity index (χ1) is 9.11. The highest BCUT2D eigenvalue weighted by Gasteiger charge is 2.15. The highest BCUT2D eigenvalue weighted by molar-refractivity contribution is 9.10. The van der Waals surface area contributed by atoms with Gasteiger partial charge >= 0.3 is 0 Å². The molecule has 0 amide bonds. The van der Waals surface area contributed by atoms with Gasteiger partial charge in [-0.05, 0) is 49.2 Å². The smallest absolute Gasteiger partial charge is 0.0579 e. The summed E-state index contributed by atoms with van der Waals surface area (Å²) in [6.45, 7) is 7.41. The summed E-state index contributed by atoms with van der Waals surface area (Å²) in [4.78, 5) is 0. The number of rotatable bonds is 4. The van der Waals surface area contributed by atoms with Crippen LogP contribution in [0.4, 0.5) is 0 Å². The number of aryl methyl sites for hydroxylation is 2. The van der Waals surface area contributed by atoms with E-state index in [0.29, 0.717) is 0 Å². The van der Waals surface area contributed by atoms with Gasteiger partial charge in [0.1, 0.15) is 0 Å². The second kappa shape index (κ2) is 6.36. The van der Waals surface area contributed by atoms with E-state index in [0.717, 1.165) is 11.0 Å². The van der Waals surface area contributed by atoms with Gasteiger partial charge in [-0.15, -0.1) is 0 Å². The number of halogens is 1. The van der Waals surface area contributed by atoms with Gasteiger partial charge in [0.05, 0.1) is 6.04 Å². The summed E-state index contributed by atoms with van der Waals surface area (Å²) in [6, 6.07) is 15.4. The molecular formula is C17H20BrN. The van der Waals surface area contributed by atoms with E-state index in [1.807, 2.05) is 0 Å². The number of benzene rings is 2. The fourth-order valence-electron chi connectivity index (χ4n) is 2.38. The van der Waals surface area contributed by atoms with Gasteiger partial charge in [0.2, 0.25) is 0 Å². The Balaban J connectivity index is 2.48. The molecule has 0 aliphatic carbocycles. The van der Waals surface area contributed by atoms with E-state index >= 15 is 0 Å². The number of nitrogens with one attached hydrogen (secondary N) is 1. The molecule has 0 saturated heterocycles. The maximum absolute atomic E-state index is 3.59. The van der Waals surface area contributed by atoms with E-state index in [1.54, 1.807) is 0 Å². The van der Waals surface area contributed by atoms with Crippen molar-refractivity contribution in [1.82, 2.24) is 5.32 Å². The molecule has 19 heavy (non-hydrogen) atoms. The molecule has 2 aromatic rings. The van der Waals surface area contributed by atoms with Crippen LogP contribution in [-0.2, 0) is 0 Å². The molecule has 0 aliphatic rings. The fourth-order valence-corrected chi connectivity index (χ4v) is 2.76. The van der Waals surface area contributed by atoms with Crippen molar-refractivity contribution >= 4 is 15.9 Å². The Morgan fingerprint density at radius 3 is 2.58 bits per heavy atom. The van der Waals surface area contributed by atoms with Crippen molar-refractivity contribution < 1.29 is 0 Å². The van der Waals surface area contributed by atoms with E-state index in [9.17, 15) is 0 Å². The molecule has 1 N–H and O–H groups in total. The van der Waals surface area contributed by atoms with Gasteiger partial charge in [-0.3, -0.25) is 0 Å². The lowest BCUT2D eigenvalue weighted by Gasteiger charge is -2.21. The van der Waals surface area contributed by atoms with Gasteiger partial charge in [0.15, 0.2) is 0 Å². The van der Waals surface area contributed by atoms with Crippen molar-refractivity contribution in [2.45, 2.75) is 26.8 Å². The van der Waals surface area contributed by atoms with Crippen LogP contribution >= 0.6 is 15.9 Å². The van der Waals surface area contributed by atoms with Crippen LogP contribution in [0.2, 0.25) is 0 Å². The average Bonchev–Trinajstić information content (AvgIpc) is 2.39. The Morgan fingerprint density at radius 1 is 1.11 bits per heavy atom. The zero-order chi connectivity index (χ0) is 13.8.